The lowest BCUT2D eigenvalue weighted by molar-refractivity contribution is -0.385. The summed E-state index contributed by atoms with van der Waals surface area (Å²) in [5.74, 6) is 0. The van der Waals surface area contributed by atoms with E-state index in [-0.39, 0.29) is 22.7 Å². The first-order valence-electron chi connectivity index (χ1n) is 7.64. The number of nitrogens with zero attached hydrogens (tertiary/aromatic N) is 3. The summed E-state index contributed by atoms with van der Waals surface area (Å²) >= 11 is 0. The third-order valence-corrected chi connectivity index (χ3v) is 4.39. The van der Waals surface area contributed by atoms with Crippen LogP contribution in [0.3, 0.4) is 0 Å². The highest BCUT2D eigenvalue weighted by atomic mass is 16.6. The number of amides is 2. The quantitative estimate of drug-likeness (QED) is 0.676. The Labute approximate surface area is 129 Å². The van der Waals surface area contributed by atoms with Gasteiger partial charge in [0, 0.05) is 43.9 Å². The fourth-order valence-corrected chi connectivity index (χ4v) is 3.33. The van der Waals surface area contributed by atoms with Crippen molar-refractivity contribution in [3.05, 3.63) is 39.9 Å². The number of nitro groups is 1. The molecule has 2 amide bonds. The molecule has 0 aromatic heterocycles. The van der Waals surface area contributed by atoms with Crippen molar-refractivity contribution >= 4 is 11.7 Å². The standard InChI is InChI=1S/C15H20N4O3/c20-15-16-7-9-18(15)13-5-3-8-17(11-13)10-12-4-1-2-6-14(12)19(21)22/h1-2,4,6,13H,3,5,7-11H2,(H,16,20). The molecule has 1 atom stereocenters. The Morgan fingerprint density at radius 3 is 2.86 bits per heavy atom. The molecule has 0 radical (unpaired) electrons. The van der Waals surface area contributed by atoms with Crippen molar-refractivity contribution < 1.29 is 9.72 Å². The molecule has 7 nitrogen and oxygen atoms in total. The maximum atomic E-state index is 11.8. The van der Waals surface area contributed by atoms with Crippen LogP contribution in [-0.4, -0.2) is 53.0 Å². The minimum atomic E-state index is -0.329. The number of nitro benzene ring substituents is 1. The number of hydrogen-bond acceptors (Lipinski definition) is 4. The molecule has 1 N–H and O–H groups in total. The number of carbonyl (C=O) groups excluding carboxylic acids is 1. The SMILES string of the molecule is O=C1NCCN1C1CCCN(Cc2ccccc2[N+](=O)[O-])C1. The molecule has 0 saturated carbocycles. The summed E-state index contributed by atoms with van der Waals surface area (Å²) in [7, 11) is 0. The van der Waals surface area contributed by atoms with E-state index in [0.717, 1.165) is 38.0 Å². The Kier molecular flexibility index (Phi) is 4.24. The lowest BCUT2D eigenvalue weighted by atomic mass is 10.0. The van der Waals surface area contributed by atoms with Gasteiger partial charge in [-0.15, -0.1) is 0 Å². The van der Waals surface area contributed by atoms with Crippen LogP contribution in [0.1, 0.15) is 18.4 Å². The van der Waals surface area contributed by atoms with Gasteiger partial charge in [-0.3, -0.25) is 15.0 Å². The van der Waals surface area contributed by atoms with Crippen molar-refractivity contribution in [2.75, 3.05) is 26.2 Å². The zero-order chi connectivity index (χ0) is 15.5. The number of benzene rings is 1. The fourth-order valence-electron chi connectivity index (χ4n) is 3.33. The van der Waals surface area contributed by atoms with Gasteiger partial charge in [0.1, 0.15) is 0 Å². The van der Waals surface area contributed by atoms with Crippen LogP contribution in [0, 0.1) is 10.1 Å². The monoisotopic (exact) mass is 304 g/mol. The van der Waals surface area contributed by atoms with Gasteiger partial charge < -0.3 is 10.2 Å². The number of rotatable bonds is 4. The molecule has 2 aliphatic rings. The van der Waals surface area contributed by atoms with E-state index in [1.807, 2.05) is 17.0 Å². The van der Waals surface area contributed by atoms with Gasteiger partial charge in [0.15, 0.2) is 0 Å². The number of carbonyl (C=O) groups is 1. The zero-order valence-electron chi connectivity index (χ0n) is 12.4. The summed E-state index contributed by atoms with van der Waals surface area (Å²) in [5.41, 5.74) is 0.905. The van der Waals surface area contributed by atoms with Crippen molar-refractivity contribution in [1.82, 2.24) is 15.1 Å². The number of piperidine rings is 1. The molecule has 1 aromatic rings. The van der Waals surface area contributed by atoms with Gasteiger partial charge in [0.25, 0.3) is 5.69 Å². The third-order valence-electron chi connectivity index (χ3n) is 4.39. The Morgan fingerprint density at radius 1 is 1.32 bits per heavy atom. The Bertz CT molecular complexity index is 578. The molecule has 2 heterocycles. The first kappa shape index (κ1) is 14.8. The molecule has 3 rings (SSSR count). The van der Waals surface area contributed by atoms with E-state index < -0.39 is 0 Å². The molecule has 1 aromatic carbocycles. The normalized spacial score (nSPS) is 22.6. The summed E-state index contributed by atoms with van der Waals surface area (Å²) in [5, 5.41) is 13.9. The minimum Gasteiger partial charge on any atom is -0.336 e. The predicted octanol–water partition coefficient (Wildman–Crippen LogP) is 1.58. The smallest absolute Gasteiger partial charge is 0.317 e. The highest BCUT2D eigenvalue weighted by molar-refractivity contribution is 5.76. The Hall–Kier alpha value is -2.15. The lowest BCUT2D eigenvalue weighted by Gasteiger charge is -2.37. The van der Waals surface area contributed by atoms with Crippen LogP contribution in [0.25, 0.3) is 0 Å². The fraction of sp³-hybridized carbons (Fsp3) is 0.533. The van der Waals surface area contributed by atoms with Crippen molar-refractivity contribution in [1.29, 1.82) is 0 Å². The summed E-state index contributed by atoms with van der Waals surface area (Å²) in [6, 6.07) is 7.10. The van der Waals surface area contributed by atoms with Crippen LogP contribution in [0.2, 0.25) is 0 Å². The number of para-hydroxylation sites is 1. The molecular formula is C15H20N4O3. The molecule has 2 saturated heterocycles. The van der Waals surface area contributed by atoms with E-state index in [4.69, 9.17) is 0 Å². The van der Waals surface area contributed by atoms with Crippen LogP contribution in [0.5, 0.6) is 0 Å². The van der Waals surface area contributed by atoms with Crippen LogP contribution >= 0.6 is 0 Å². The van der Waals surface area contributed by atoms with Crippen molar-refractivity contribution in [3.8, 4) is 0 Å². The van der Waals surface area contributed by atoms with Gasteiger partial charge >= 0.3 is 6.03 Å². The van der Waals surface area contributed by atoms with E-state index in [0.29, 0.717) is 13.1 Å². The molecule has 2 fully saturated rings. The van der Waals surface area contributed by atoms with E-state index in [1.54, 1.807) is 12.1 Å². The van der Waals surface area contributed by atoms with Crippen molar-refractivity contribution in [2.45, 2.75) is 25.4 Å². The highest BCUT2D eigenvalue weighted by Gasteiger charge is 2.31. The topological polar surface area (TPSA) is 78.7 Å². The molecule has 7 heteroatoms. The molecular weight excluding hydrogens is 284 g/mol. The van der Waals surface area contributed by atoms with Gasteiger partial charge in [0.2, 0.25) is 0 Å². The second-order valence-electron chi connectivity index (χ2n) is 5.84. The van der Waals surface area contributed by atoms with Crippen LogP contribution in [-0.2, 0) is 6.54 Å². The molecule has 22 heavy (non-hydrogen) atoms. The van der Waals surface area contributed by atoms with Crippen LogP contribution in [0.15, 0.2) is 24.3 Å². The first-order valence-corrected chi connectivity index (χ1v) is 7.64. The van der Waals surface area contributed by atoms with Gasteiger partial charge in [0.05, 0.1) is 4.92 Å². The summed E-state index contributed by atoms with van der Waals surface area (Å²) in [6.07, 6.45) is 2.01. The Morgan fingerprint density at radius 2 is 2.14 bits per heavy atom. The molecule has 0 bridgehead atoms. The minimum absolute atomic E-state index is 0.0116. The summed E-state index contributed by atoms with van der Waals surface area (Å²) in [4.78, 5) is 26.7. The number of hydrogen-bond donors (Lipinski definition) is 1. The van der Waals surface area contributed by atoms with Gasteiger partial charge in [-0.25, -0.2) is 4.79 Å². The van der Waals surface area contributed by atoms with Crippen LogP contribution in [0.4, 0.5) is 10.5 Å². The largest absolute Gasteiger partial charge is 0.336 e. The average molecular weight is 304 g/mol. The first-order chi connectivity index (χ1) is 10.6. The third kappa shape index (κ3) is 3.04. The second kappa shape index (κ2) is 6.31. The van der Waals surface area contributed by atoms with E-state index >= 15 is 0 Å². The molecule has 2 aliphatic heterocycles. The zero-order valence-corrected chi connectivity index (χ0v) is 12.4. The van der Waals surface area contributed by atoms with Gasteiger partial charge in [-0.2, -0.15) is 0 Å². The molecule has 0 aliphatic carbocycles. The number of urea groups is 1. The molecule has 1 unspecified atom stereocenters. The highest BCUT2D eigenvalue weighted by Crippen LogP contribution is 2.23. The maximum absolute atomic E-state index is 11.8. The van der Waals surface area contributed by atoms with Crippen LogP contribution < -0.4 is 5.32 Å². The number of nitrogens with one attached hydrogen (secondary N) is 1. The summed E-state index contributed by atoms with van der Waals surface area (Å²) in [6.45, 7) is 3.71. The van der Waals surface area contributed by atoms with Crippen molar-refractivity contribution in [2.24, 2.45) is 0 Å². The van der Waals surface area contributed by atoms with Crippen molar-refractivity contribution in [3.63, 3.8) is 0 Å². The lowest BCUT2D eigenvalue weighted by Crippen LogP contribution is -2.48. The summed E-state index contributed by atoms with van der Waals surface area (Å²) < 4.78 is 0. The average Bonchev–Trinajstić information content (AvgIpc) is 2.94. The van der Waals surface area contributed by atoms with E-state index in [2.05, 4.69) is 10.2 Å². The maximum Gasteiger partial charge on any atom is 0.317 e. The second-order valence-corrected chi connectivity index (χ2v) is 5.84. The van der Waals surface area contributed by atoms with Gasteiger partial charge in [-0.1, -0.05) is 18.2 Å². The van der Waals surface area contributed by atoms with E-state index in [1.165, 1.54) is 0 Å². The number of likely N-dealkylation sites (tertiary alicyclic amines) is 1. The molecule has 0 spiro atoms. The van der Waals surface area contributed by atoms with Gasteiger partial charge in [-0.05, 0) is 19.4 Å². The Balaban J connectivity index is 1.68. The molecule has 118 valence electrons. The van der Waals surface area contributed by atoms with E-state index in [9.17, 15) is 14.9 Å². The predicted molar refractivity (Wildman–Crippen MR) is 81.5 cm³/mol.